The highest BCUT2D eigenvalue weighted by Gasteiger charge is 2.21. The molecule has 2 rings (SSSR count). The molecule has 1 fully saturated rings. The lowest BCUT2D eigenvalue weighted by Gasteiger charge is -2.32. The number of β-amino-alcohol motifs (C(OH)–C–C–N with tert-alkyl or cyclic N) is 1. The number of likely N-dealkylation sites (tertiary alicyclic amines) is 1. The smallest absolute Gasteiger partial charge is 0.123 e. The number of aliphatic hydroxyl groups excluding tert-OH is 1. The maximum Gasteiger partial charge on any atom is 0.123 e. The van der Waals surface area contributed by atoms with Crippen molar-refractivity contribution in [3.63, 3.8) is 0 Å². The fraction of sp³-hybridized carbons (Fsp3) is 0.625. The third-order valence-corrected chi connectivity index (χ3v) is 3.83. The van der Waals surface area contributed by atoms with Crippen molar-refractivity contribution in [2.75, 3.05) is 40.0 Å². The molecule has 1 atom stereocenters. The summed E-state index contributed by atoms with van der Waals surface area (Å²) in [6, 6.07) is 5.83. The molecule has 0 aromatic heterocycles. The normalized spacial score (nSPS) is 18.6. The largest absolute Gasteiger partial charge is 0.491 e. The van der Waals surface area contributed by atoms with E-state index in [0.29, 0.717) is 18.2 Å². The molecule has 1 N–H and O–H groups in total. The fourth-order valence-electron chi connectivity index (χ4n) is 2.65. The summed E-state index contributed by atoms with van der Waals surface area (Å²) in [6.07, 6.45) is 1.69. The molecule has 0 saturated carbocycles. The molecule has 1 aliphatic heterocycles. The Bertz CT molecular complexity index is 404. The molecule has 1 heterocycles. The van der Waals surface area contributed by atoms with Gasteiger partial charge in [0.25, 0.3) is 0 Å². The average molecular weight is 297 g/mol. The lowest BCUT2D eigenvalue weighted by atomic mass is 9.97. The van der Waals surface area contributed by atoms with E-state index in [2.05, 4.69) is 4.90 Å². The molecule has 21 heavy (non-hydrogen) atoms. The van der Waals surface area contributed by atoms with E-state index in [1.165, 1.54) is 12.1 Å². The summed E-state index contributed by atoms with van der Waals surface area (Å²) in [6.45, 7) is 3.64. The first-order chi connectivity index (χ1) is 10.2. The molecule has 4 nitrogen and oxygen atoms in total. The monoisotopic (exact) mass is 297 g/mol. The number of benzene rings is 1. The van der Waals surface area contributed by atoms with Crippen LogP contribution >= 0.6 is 0 Å². The van der Waals surface area contributed by atoms with Crippen molar-refractivity contribution >= 4 is 0 Å². The predicted molar refractivity (Wildman–Crippen MR) is 78.9 cm³/mol. The van der Waals surface area contributed by atoms with E-state index in [1.807, 2.05) is 0 Å². The van der Waals surface area contributed by atoms with Gasteiger partial charge in [-0.3, -0.25) is 0 Å². The standard InChI is InChI=1S/C16H24FNO3/c1-20-11-13-6-8-18(9-7-13)10-15(19)12-21-16-4-2-14(17)3-5-16/h2-5,13,15,19H,6-12H2,1H3. The second kappa shape index (κ2) is 8.32. The van der Waals surface area contributed by atoms with Crippen molar-refractivity contribution < 1.29 is 19.0 Å². The quantitative estimate of drug-likeness (QED) is 0.835. The van der Waals surface area contributed by atoms with Gasteiger partial charge in [-0.2, -0.15) is 0 Å². The number of piperidine rings is 1. The summed E-state index contributed by atoms with van der Waals surface area (Å²) in [4.78, 5) is 2.25. The van der Waals surface area contributed by atoms with E-state index < -0.39 is 6.10 Å². The van der Waals surface area contributed by atoms with Crippen molar-refractivity contribution in [1.29, 1.82) is 0 Å². The minimum absolute atomic E-state index is 0.226. The zero-order valence-electron chi connectivity index (χ0n) is 12.5. The van der Waals surface area contributed by atoms with Gasteiger partial charge in [0, 0.05) is 20.3 Å². The Morgan fingerprint density at radius 3 is 2.57 bits per heavy atom. The molecular weight excluding hydrogens is 273 g/mol. The van der Waals surface area contributed by atoms with Crippen LogP contribution in [0.4, 0.5) is 4.39 Å². The Hall–Kier alpha value is -1.17. The first kappa shape index (κ1) is 16.2. The molecule has 1 aliphatic rings. The van der Waals surface area contributed by atoms with E-state index in [4.69, 9.17) is 9.47 Å². The summed E-state index contributed by atoms with van der Waals surface area (Å²) < 4.78 is 23.4. The average Bonchev–Trinajstić information content (AvgIpc) is 2.49. The van der Waals surface area contributed by atoms with E-state index >= 15 is 0 Å². The first-order valence-electron chi connectivity index (χ1n) is 7.45. The number of hydrogen-bond donors (Lipinski definition) is 1. The van der Waals surface area contributed by atoms with Crippen LogP contribution in [0, 0.1) is 11.7 Å². The highest BCUT2D eigenvalue weighted by atomic mass is 19.1. The second-order valence-corrected chi connectivity index (χ2v) is 5.62. The van der Waals surface area contributed by atoms with E-state index in [-0.39, 0.29) is 12.4 Å². The van der Waals surface area contributed by atoms with Crippen LogP contribution in [0.3, 0.4) is 0 Å². The maximum absolute atomic E-state index is 12.8. The van der Waals surface area contributed by atoms with Crippen LogP contribution < -0.4 is 4.74 Å². The van der Waals surface area contributed by atoms with Gasteiger partial charge in [-0.25, -0.2) is 4.39 Å². The van der Waals surface area contributed by atoms with Gasteiger partial charge in [0.05, 0.1) is 0 Å². The van der Waals surface area contributed by atoms with Gasteiger partial charge in [0.1, 0.15) is 24.3 Å². The zero-order valence-corrected chi connectivity index (χ0v) is 12.5. The molecule has 1 aromatic rings. The van der Waals surface area contributed by atoms with Crippen molar-refractivity contribution in [2.24, 2.45) is 5.92 Å². The molecule has 0 aliphatic carbocycles. The molecule has 118 valence electrons. The van der Waals surface area contributed by atoms with Crippen LogP contribution in [-0.4, -0.2) is 56.1 Å². The number of methoxy groups -OCH3 is 1. The van der Waals surface area contributed by atoms with Gasteiger partial charge >= 0.3 is 0 Å². The van der Waals surface area contributed by atoms with Crippen molar-refractivity contribution in [1.82, 2.24) is 4.90 Å². The molecular formula is C16H24FNO3. The summed E-state index contributed by atoms with van der Waals surface area (Å²) in [5, 5.41) is 10.0. The molecule has 5 heteroatoms. The Morgan fingerprint density at radius 2 is 1.95 bits per heavy atom. The minimum Gasteiger partial charge on any atom is -0.491 e. The number of halogens is 1. The number of hydrogen-bond acceptors (Lipinski definition) is 4. The summed E-state index contributed by atoms with van der Waals surface area (Å²) in [5.41, 5.74) is 0. The van der Waals surface area contributed by atoms with Gasteiger partial charge in [-0.15, -0.1) is 0 Å². The van der Waals surface area contributed by atoms with Crippen LogP contribution in [0.2, 0.25) is 0 Å². The SMILES string of the molecule is COCC1CCN(CC(O)COc2ccc(F)cc2)CC1. The lowest BCUT2D eigenvalue weighted by molar-refractivity contribution is 0.0440. The molecule has 1 saturated heterocycles. The third kappa shape index (κ3) is 5.61. The van der Waals surface area contributed by atoms with Crippen LogP contribution in [-0.2, 0) is 4.74 Å². The van der Waals surface area contributed by atoms with E-state index in [1.54, 1.807) is 19.2 Å². The molecule has 0 bridgehead atoms. The Labute approximate surface area is 125 Å². The number of rotatable bonds is 7. The zero-order chi connectivity index (χ0) is 15.1. The molecule has 1 aromatic carbocycles. The molecule has 0 spiro atoms. The molecule has 1 unspecified atom stereocenters. The molecule has 0 radical (unpaired) electrons. The van der Waals surface area contributed by atoms with Gasteiger partial charge in [0.15, 0.2) is 0 Å². The second-order valence-electron chi connectivity index (χ2n) is 5.62. The van der Waals surface area contributed by atoms with Crippen molar-refractivity contribution in [3.8, 4) is 5.75 Å². The van der Waals surface area contributed by atoms with Crippen LogP contribution in [0.1, 0.15) is 12.8 Å². The summed E-state index contributed by atoms with van der Waals surface area (Å²) >= 11 is 0. The van der Waals surface area contributed by atoms with E-state index in [0.717, 1.165) is 32.5 Å². The predicted octanol–water partition coefficient (Wildman–Crippen LogP) is 1.92. The third-order valence-electron chi connectivity index (χ3n) is 3.83. The maximum atomic E-state index is 12.8. The van der Waals surface area contributed by atoms with E-state index in [9.17, 15) is 9.50 Å². The highest BCUT2D eigenvalue weighted by molar-refractivity contribution is 5.22. The van der Waals surface area contributed by atoms with Gasteiger partial charge in [0.2, 0.25) is 0 Å². The Balaban J connectivity index is 1.65. The van der Waals surface area contributed by atoms with Gasteiger partial charge in [-0.05, 0) is 56.1 Å². The van der Waals surface area contributed by atoms with Crippen LogP contribution in [0.15, 0.2) is 24.3 Å². The summed E-state index contributed by atoms with van der Waals surface area (Å²) in [5.74, 6) is 0.926. The number of ether oxygens (including phenoxy) is 2. The van der Waals surface area contributed by atoms with Gasteiger partial charge < -0.3 is 19.5 Å². The van der Waals surface area contributed by atoms with Crippen molar-refractivity contribution in [3.05, 3.63) is 30.1 Å². The first-order valence-corrected chi connectivity index (χ1v) is 7.45. The van der Waals surface area contributed by atoms with Crippen LogP contribution in [0.25, 0.3) is 0 Å². The fourth-order valence-corrected chi connectivity index (χ4v) is 2.65. The van der Waals surface area contributed by atoms with Crippen LogP contribution in [0.5, 0.6) is 5.75 Å². The summed E-state index contributed by atoms with van der Waals surface area (Å²) in [7, 11) is 1.74. The van der Waals surface area contributed by atoms with Gasteiger partial charge in [-0.1, -0.05) is 0 Å². The lowest BCUT2D eigenvalue weighted by Crippen LogP contribution is -2.41. The Morgan fingerprint density at radius 1 is 1.29 bits per heavy atom. The Kier molecular flexibility index (Phi) is 6.42. The molecule has 0 amide bonds. The topological polar surface area (TPSA) is 41.9 Å². The van der Waals surface area contributed by atoms with Crippen molar-refractivity contribution in [2.45, 2.75) is 18.9 Å². The minimum atomic E-state index is -0.533. The number of aliphatic hydroxyl groups is 1. The highest BCUT2D eigenvalue weighted by Crippen LogP contribution is 2.17. The number of nitrogens with zero attached hydrogens (tertiary/aromatic N) is 1.